The number of nitrogens with one attached hydrogen (secondary N) is 2. The van der Waals surface area contributed by atoms with Crippen LogP contribution >= 0.6 is 11.3 Å². The van der Waals surface area contributed by atoms with E-state index in [1.165, 1.54) is 11.3 Å². The average Bonchev–Trinajstić information content (AvgIpc) is 3.20. The zero-order valence-electron chi connectivity index (χ0n) is 18.2. The number of carbonyl (C=O) groups excluding carboxylic acids is 1. The van der Waals surface area contributed by atoms with Crippen molar-refractivity contribution in [1.82, 2.24) is 19.9 Å². The van der Waals surface area contributed by atoms with Crippen molar-refractivity contribution >= 4 is 33.9 Å². The Labute approximate surface area is 191 Å². The lowest BCUT2D eigenvalue weighted by Crippen LogP contribution is -2.13. The lowest BCUT2D eigenvalue weighted by molar-refractivity contribution is 0.102. The lowest BCUT2D eigenvalue weighted by Gasteiger charge is -2.10. The van der Waals surface area contributed by atoms with E-state index in [1.54, 1.807) is 12.1 Å². The van der Waals surface area contributed by atoms with Crippen molar-refractivity contribution in [2.24, 2.45) is 0 Å². The van der Waals surface area contributed by atoms with Gasteiger partial charge in [-0.25, -0.2) is 15.0 Å². The SMILES string of the molecule is Cc1nc(Nc2cccc(C(=O)Nc3nc(CN(C)C)cs3)c2)cc(-c2ccccc2)n1. The first kappa shape index (κ1) is 21.6. The number of anilines is 3. The summed E-state index contributed by atoms with van der Waals surface area (Å²) in [6.07, 6.45) is 0. The molecule has 7 nitrogen and oxygen atoms in total. The Morgan fingerprint density at radius 2 is 1.81 bits per heavy atom. The second kappa shape index (κ2) is 9.67. The van der Waals surface area contributed by atoms with Crippen molar-refractivity contribution in [3.63, 3.8) is 0 Å². The first-order chi connectivity index (χ1) is 15.5. The van der Waals surface area contributed by atoms with Crippen LogP contribution in [0.5, 0.6) is 0 Å². The van der Waals surface area contributed by atoms with Crippen LogP contribution in [0.3, 0.4) is 0 Å². The molecule has 4 rings (SSSR count). The van der Waals surface area contributed by atoms with Crippen LogP contribution in [0.25, 0.3) is 11.3 Å². The Morgan fingerprint density at radius 1 is 1.00 bits per heavy atom. The molecule has 32 heavy (non-hydrogen) atoms. The number of benzene rings is 2. The third-order valence-electron chi connectivity index (χ3n) is 4.56. The lowest BCUT2D eigenvalue weighted by atomic mass is 10.1. The third kappa shape index (κ3) is 5.54. The molecule has 0 saturated heterocycles. The standard InChI is InChI=1S/C24H24N6OS/c1-16-25-21(17-8-5-4-6-9-17)13-22(26-16)27-19-11-7-10-18(12-19)23(31)29-24-28-20(15-32-24)14-30(2)3/h4-13,15H,14H2,1-3H3,(H,25,26,27)(H,28,29,31). The van der Waals surface area contributed by atoms with Gasteiger partial charge >= 0.3 is 0 Å². The monoisotopic (exact) mass is 444 g/mol. The minimum atomic E-state index is -0.205. The summed E-state index contributed by atoms with van der Waals surface area (Å²) in [6.45, 7) is 2.59. The van der Waals surface area contributed by atoms with Gasteiger partial charge in [-0.2, -0.15) is 0 Å². The molecule has 0 saturated carbocycles. The molecule has 2 N–H and O–H groups in total. The molecule has 0 aliphatic carbocycles. The fourth-order valence-electron chi connectivity index (χ4n) is 3.20. The summed E-state index contributed by atoms with van der Waals surface area (Å²) in [7, 11) is 3.97. The molecule has 0 bridgehead atoms. The second-order valence-electron chi connectivity index (χ2n) is 7.59. The van der Waals surface area contributed by atoms with E-state index in [1.807, 2.05) is 79.8 Å². The fourth-order valence-corrected chi connectivity index (χ4v) is 3.90. The van der Waals surface area contributed by atoms with Crippen molar-refractivity contribution < 1.29 is 4.79 Å². The van der Waals surface area contributed by atoms with Crippen LogP contribution in [0.4, 0.5) is 16.6 Å². The van der Waals surface area contributed by atoms with Crippen LogP contribution in [0.2, 0.25) is 0 Å². The number of aromatic nitrogens is 3. The summed E-state index contributed by atoms with van der Waals surface area (Å²) >= 11 is 1.42. The van der Waals surface area contributed by atoms with Gasteiger partial charge in [0, 0.05) is 34.8 Å². The molecular weight excluding hydrogens is 420 g/mol. The Bertz CT molecular complexity index is 1220. The van der Waals surface area contributed by atoms with E-state index in [4.69, 9.17) is 0 Å². The number of carbonyl (C=O) groups is 1. The first-order valence-corrected chi connectivity index (χ1v) is 11.0. The highest BCUT2D eigenvalue weighted by atomic mass is 32.1. The van der Waals surface area contributed by atoms with Gasteiger partial charge in [0.1, 0.15) is 11.6 Å². The number of rotatable bonds is 7. The van der Waals surface area contributed by atoms with E-state index in [0.717, 1.165) is 29.2 Å². The number of amides is 1. The van der Waals surface area contributed by atoms with Gasteiger partial charge in [-0.3, -0.25) is 10.1 Å². The molecule has 0 aliphatic rings. The summed E-state index contributed by atoms with van der Waals surface area (Å²) in [5.74, 6) is 1.13. The molecule has 2 aromatic carbocycles. The third-order valence-corrected chi connectivity index (χ3v) is 5.36. The Kier molecular flexibility index (Phi) is 6.53. The van der Waals surface area contributed by atoms with E-state index in [-0.39, 0.29) is 5.91 Å². The van der Waals surface area contributed by atoms with Crippen LogP contribution in [0.15, 0.2) is 66.0 Å². The van der Waals surface area contributed by atoms with Gasteiger partial charge in [0.15, 0.2) is 5.13 Å². The van der Waals surface area contributed by atoms with Gasteiger partial charge in [-0.15, -0.1) is 11.3 Å². The average molecular weight is 445 g/mol. The summed E-state index contributed by atoms with van der Waals surface area (Å²) in [5, 5.41) is 8.71. The molecule has 2 heterocycles. The number of hydrogen-bond acceptors (Lipinski definition) is 7. The maximum absolute atomic E-state index is 12.7. The minimum Gasteiger partial charge on any atom is -0.340 e. The van der Waals surface area contributed by atoms with E-state index in [2.05, 4.69) is 25.6 Å². The molecule has 2 aromatic heterocycles. The van der Waals surface area contributed by atoms with Crippen molar-refractivity contribution in [2.45, 2.75) is 13.5 Å². The normalized spacial score (nSPS) is 10.9. The molecule has 0 spiro atoms. The van der Waals surface area contributed by atoms with Crippen molar-refractivity contribution in [3.8, 4) is 11.3 Å². The van der Waals surface area contributed by atoms with Crippen molar-refractivity contribution in [2.75, 3.05) is 24.7 Å². The zero-order valence-corrected chi connectivity index (χ0v) is 19.0. The molecule has 0 aliphatic heterocycles. The number of aryl methyl sites for hydroxylation is 1. The van der Waals surface area contributed by atoms with Gasteiger partial charge in [0.25, 0.3) is 5.91 Å². The molecule has 162 valence electrons. The molecule has 1 amide bonds. The predicted molar refractivity (Wildman–Crippen MR) is 129 cm³/mol. The van der Waals surface area contributed by atoms with E-state index < -0.39 is 0 Å². The van der Waals surface area contributed by atoms with Crippen LogP contribution in [0, 0.1) is 6.92 Å². The predicted octanol–water partition coefficient (Wildman–Crippen LogP) is 4.97. The van der Waals surface area contributed by atoms with Gasteiger partial charge < -0.3 is 10.2 Å². The minimum absolute atomic E-state index is 0.205. The van der Waals surface area contributed by atoms with Crippen LogP contribution < -0.4 is 10.6 Å². The molecule has 0 unspecified atom stereocenters. The maximum atomic E-state index is 12.7. The largest absolute Gasteiger partial charge is 0.340 e. The number of thiazole rings is 1. The van der Waals surface area contributed by atoms with Gasteiger partial charge in [-0.05, 0) is 39.2 Å². The fraction of sp³-hybridized carbons (Fsp3) is 0.167. The quantitative estimate of drug-likeness (QED) is 0.419. The van der Waals surface area contributed by atoms with E-state index in [0.29, 0.717) is 22.3 Å². The summed E-state index contributed by atoms with van der Waals surface area (Å²) < 4.78 is 0. The maximum Gasteiger partial charge on any atom is 0.257 e. The topological polar surface area (TPSA) is 83.0 Å². The van der Waals surface area contributed by atoms with E-state index in [9.17, 15) is 4.79 Å². The van der Waals surface area contributed by atoms with Crippen LogP contribution in [-0.4, -0.2) is 39.9 Å². The Hall–Kier alpha value is -3.62. The highest BCUT2D eigenvalue weighted by Crippen LogP contribution is 2.23. The summed E-state index contributed by atoms with van der Waals surface area (Å²) in [6, 6.07) is 19.2. The second-order valence-corrected chi connectivity index (χ2v) is 8.45. The zero-order chi connectivity index (χ0) is 22.5. The first-order valence-electron chi connectivity index (χ1n) is 10.1. The van der Waals surface area contributed by atoms with E-state index >= 15 is 0 Å². The van der Waals surface area contributed by atoms with Crippen LogP contribution in [0.1, 0.15) is 21.9 Å². The van der Waals surface area contributed by atoms with Gasteiger partial charge in [-0.1, -0.05) is 36.4 Å². The number of hydrogen-bond donors (Lipinski definition) is 2. The molecule has 8 heteroatoms. The number of nitrogens with zero attached hydrogens (tertiary/aromatic N) is 4. The molecular formula is C24H24N6OS. The van der Waals surface area contributed by atoms with Crippen molar-refractivity contribution in [3.05, 3.63) is 83.1 Å². The molecule has 0 atom stereocenters. The Morgan fingerprint density at radius 3 is 2.59 bits per heavy atom. The Balaban J connectivity index is 1.49. The smallest absolute Gasteiger partial charge is 0.257 e. The molecule has 0 fully saturated rings. The summed E-state index contributed by atoms with van der Waals surface area (Å²) in [5.41, 5.74) is 4.09. The summed E-state index contributed by atoms with van der Waals surface area (Å²) in [4.78, 5) is 28.3. The molecule has 4 aromatic rings. The van der Waals surface area contributed by atoms with Gasteiger partial charge in [0.05, 0.1) is 11.4 Å². The van der Waals surface area contributed by atoms with Gasteiger partial charge in [0.2, 0.25) is 0 Å². The highest BCUT2D eigenvalue weighted by molar-refractivity contribution is 7.14. The van der Waals surface area contributed by atoms with Crippen LogP contribution in [-0.2, 0) is 6.54 Å². The molecule has 0 radical (unpaired) electrons. The van der Waals surface area contributed by atoms with Crippen molar-refractivity contribution in [1.29, 1.82) is 0 Å². The highest BCUT2D eigenvalue weighted by Gasteiger charge is 2.11.